The second kappa shape index (κ2) is 10.5. The third kappa shape index (κ3) is 6.21. The van der Waals surface area contributed by atoms with Crippen LogP contribution >= 0.6 is 0 Å². The van der Waals surface area contributed by atoms with Crippen molar-refractivity contribution in [2.75, 3.05) is 35.8 Å². The number of benzene rings is 2. The van der Waals surface area contributed by atoms with Crippen LogP contribution in [-0.4, -0.2) is 38.2 Å². The number of carbonyl (C=O) groups excluding carboxylic acids is 3. The molecular weight excluding hydrogens is 398 g/mol. The summed E-state index contributed by atoms with van der Waals surface area (Å²) >= 11 is 0. The van der Waals surface area contributed by atoms with Crippen LogP contribution in [0.2, 0.25) is 0 Å². The SMILES string of the molecule is CCOC(=O)N(C)c1ccc(NC(=O)CCCOc2ccc3c(c2)CCC(=O)N3)cc1. The highest BCUT2D eigenvalue weighted by Gasteiger charge is 2.15. The molecule has 2 N–H and O–H groups in total. The van der Waals surface area contributed by atoms with Gasteiger partial charge in [-0.25, -0.2) is 4.79 Å². The molecule has 8 heteroatoms. The smallest absolute Gasteiger partial charge is 0.413 e. The third-order valence-corrected chi connectivity index (χ3v) is 4.87. The predicted molar refractivity (Wildman–Crippen MR) is 119 cm³/mol. The molecule has 8 nitrogen and oxygen atoms in total. The van der Waals surface area contributed by atoms with Crippen LogP contribution in [0.15, 0.2) is 42.5 Å². The molecule has 1 heterocycles. The largest absolute Gasteiger partial charge is 0.494 e. The van der Waals surface area contributed by atoms with Crippen LogP contribution < -0.4 is 20.3 Å². The van der Waals surface area contributed by atoms with Crippen LogP contribution in [0.4, 0.5) is 21.9 Å². The molecule has 0 atom stereocenters. The lowest BCUT2D eigenvalue weighted by atomic mass is 10.0. The number of rotatable bonds is 8. The number of hydrogen-bond acceptors (Lipinski definition) is 5. The Bertz CT molecular complexity index is 943. The Kier molecular flexibility index (Phi) is 7.48. The summed E-state index contributed by atoms with van der Waals surface area (Å²) < 4.78 is 10.7. The molecule has 0 fully saturated rings. The first-order valence-corrected chi connectivity index (χ1v) is 10.3. The number of carbonyl (C=O) groups is 3. The number of hydrogen-bond donors (Lipinski definition) is 2. The van der Waals surface area contributed by atoms with Gasteiger partial charge < -0.3 is 20.1 Å². The van der Waals surface area contributed by atoms with Crippen molar-refractivity contribution in [1.29, 1.82) is 0 Å². The summed E-state index contributed by atoms with van der Waals surface area (Å²) in [4.78, 5) is 36.7. The Hall–Kier alpha value is -3.55. The molecule has 1 aliphatic rings. The fraction of sp³-hybridized carbons (Fsp3) is 0.348. The molecule has 3 rings (SSSR count). The van der Waals surface area contributed by atoms with E-state index in [9.17, 15) is 14.4 Å². The summed E-state index contributed by atoms with van der Waals surface area (Å²) in [6.07, 6.45) is 1.66. The highest BCUT2D eigenvalue weighted by molar-refractivity contribution is 5.94. The molecule has 0 saturated carbocycles. The zero-order chi connectivity index (χ0) is 22.2. The van der Waals surface area contributed by atoms with Crippen LogP contribution in [0.3, 0.4) is 0 Å². The van der Waals surface area contributed by atoms with E-state index in [1.54, 1.807) is 38.2 Å². The van der Waals surface area contributed by atoms with Gasteiger partial charge in [0.25, 0.3) is 0 Å². The minimum atomic E-state index is -0.428. The molecule has 1 aliphatic heterocycles. The molecule has 0 aromatic heterocycles. The van der Waals surface area contributed by atoms with E-state index >= 15 is 0 Å². The van der Waals surface area contributed by atoms with Crippen LogP contribution in [-0.2, 0) is 20.7 Å². The number of anilines is 3. The topological polar surface area (TPSA) is 97.0 Å². The minimum absolute atomic E-state index is 0.0350. The van der Waals surface area contributed by atoms with Crippen molar-refractivity contribution >= 4 is 35.0 Å². The van der Waals surface area contributed by atoms with Gasteiger partial charge in [-0.05, 0) is 67.8 Å². The number of fused-ring (bicyclic) bond motifs is 1. The summed E-state index contributed by atoms with van der Waals surface area (Å²) in [5.41, 5.74) is 3.23. The highest BCUT2D eigenvalue weighted by atomic mass is 16.6. The maximum atomic E-state index is 12.2. The van der Waals surface area contributed by atoms with E-state index in [1.807, 2.05) is 18.2 Å². The van der Waals surface area contributed by atoms with Crippen molar-refractivity contribution < 1.29 is 23.9 Å². The molecule has 2 aromatic carbocycles. The van der Waals surface area contributed by atoms with Crippen molar-refractivity contribution in [1.82, 2.24) is 0 Å². The number of ether oxygens (including phenoxy) is 2. The van der Waals surface area contributed by atoms with Crippen molar-refractivity contribution in [2.24, 2.45) is 0 Å². The molecule has 0 radical (unpaired) electrons. The fourth-order valence-corrected chi connectivity index (χ4v) is 3.19. The second-order valence-electron chi connectivity index (χ2n) is 7.17. The molecule has 0 saturated heterocycles. The molecular formula is C23H27N3O5. The van der Waals surface area contributed by atoms with Gasteiger partial charge in [0.05, 0.1) is 13.2 Å². The first-order valence-electron chi connectivity index (χ1n) is 10.3. The van der Waals surface area contributed by atoms with E-state index in [1.165, 1.54) is 4.90 Å². The van der Waals surface area contributed by atoms with E-state index in [-0.39, 0.29) is 11.8 Å². The fourth-order valence-electron chi connectivity index (χ4n) is 3.19. The Balaban J connectivity index is 1.40. The number of nitrogens with zero attached hydrogens (tertiary/aromatic N) is 1. The van der Waals surface area contributed by atoms with Crippen LogP contribution in [0.5, 0.6) is 5.75 Å². The van der Waals surface area contributed by atoms with Crippen molar-refractivity contribution in [2.45, 2.75) is 32.6 Å². The van der Waals surface area contributed by atoms with Gasteiger partial charge in [0.15, 0.2) is 0 Å². The average Bonchev–Trinajstić information content (AvgIpc) is 2.77. The molecule has 2 aromatic rings. The highest BCUT2D eigenvalue weighted by Crippen LogP contribution is 2.27. The molecule has 0 aliphatic carbocycles. The first kappa shape index (κ1) is 22.1. The van der Waals surface area contributed by atoms with Gasteiger partial charge in [0.1, 0.15) is 5.75 Å². The molecule has 31 heavy (non-hydrogen) atoms. The van der Waals surface area contributed by atoms with E-state index < -0.39 is 6.09 Å². The summed E-state index contributed by atoms with van der Waals surface area (Å²) in [5.74, 6) is 0.660. The predicted octanol–water partition coefficient (Wildman–Crippen LogP) is 3.96. The van der Waals surface area contributed by atoms with Crippen molar-refractivity contribution in [3.8, 4) is 5.75 Å². The van der Waals surface area contributed by atoms with Gasteiger partial charge in [-0.15, -0.1) is 0 Å². The average molecular weight is 425 g/mol. The molecule has 164 valence electrons. The van der Waals surface area contributed by atoms with Gasteiger partial charge in [-0.2, -0.15) is 0 Å². The van der Waals surface area contributed by atoms with Gasteiger partial charge >= 0.3 is 6.09 Å². The van der Waals surface area contributed by atoms with Gasteiger partial charge in [-0.3, -0.25) is 14.5 Å². The molecule has 0 bridgehead atoms. The van der Waals surface area contributed by atoms with E-state index in [0.717, 1.165) is 17.0 Å². The minimum Gasteiger partial charge on any atom is -0.494 e. The Morgan fingerprint density at radius 3 is 2.65 bits per heavy atom. The Labute approximate surface area is 181 Å². The second-order valence-corrected chi connectivity index (χ2v) is 7.17. The van der Waals surface area contributed by atoms with E-state index in [2.05, 4.69) is 10.6 Å². The van der Waals surface area contributed by atoms with E-state index in [0.29, 0.717) is 50.3 Å². The van der Waals surface area contributed by atoms with Crippen molar-refractivity contribution in [3.63, 3.8) is 0 Å². The third-order valence-electron chi connectivity index (χ3n) is 4.87. The lowest BCUT2D eigenvalue weighted by molar-refractivity contribution is -0.117. The zero-order valence-electron chi connectivity index (χ0n) is 17.8. The van der Waals surface area contributed by atoms with Gasteiger partial charge in [0, 0.05) is 37.0 Å². The van der Waals surface area contributed by atoms with Crippen LogP contribution in [0.25, 0.3) is 0 Å². The molecule has 0 unspecified atom stereocenters. The summed E-state index contributed by atoms with van der Waals surface area (Å²) in [7, 11) is 1.63. The first-order chi connectivity index (χ1) is 15.0. The standard InChI is InChI=1S/C23H27N3O5/c1-3-30-23(29)26(2)18-9-7-17(8-10-18)24-21(27)5-4-14-31-19-11-12-20-16(15-19)6-13-22(28)25-20/h7-12,15H,3-6,13-14H2,1-2H3,(H,24,27)(H,25,28). The maximum Gasteiger partial charge on any atom is 0.413 e. The van der Waals surface area contributed by atoms with Crippen LogP contribution in [0.1, 0.15) is 31.7 Å². The van der Waals surface area contributed by atoms with E-state index in [4.69, 9.17) is 9.47 Å². The number of nitrogens with one attached hydrogen (secondary N) is 2. The summed E-state index contributed by atoms with van der Waals surface area (Å²) in [5, 5.41) is 5.68. The summed E-state index contributed by atoms with van der Waals surface area (Å²) in [6, 6.07) is 12.6. The zero-order valence-corrected chi connectivity index (χ0v) is 17.8. The summed E-state index contributed by atoms with van der Waals surface area (Å²) in [6.45, 7) is 2.48. The lowest BCUT2D eigenvalue weighted by Gasteiger charge is -2.17. The number of aryl methyl sites for hydroxylation is 1. The van der Waals surface area contributed by atoms with Gasteiger partial charge in [-0.1, -0.05) is 0 Å². The number of amides is 3. The molecule has 3 amide bonds. The van der Waals surface area contributed by atoms with Crippen molar-refractivity contribution in [3.05, 3.63) is 48.0 Å². The Morgan fingerprint density at radius 2 is 1.90 bits per heavy atom. The van der Waals surface area contributed by atoms with Crippen LogP contribution in [0, 0.1) is 0 Å². The molecule has 0 spiro atoms. The monoisotopic (exact) mass is 425 g/mol. The normalized spacial score (nSPS) is 12.4. The lowest BCUT2D eigenvalue weighted by Crippen LogP contribution is -2.26. The Morgan fingerprint density at radius 1 is 1.13 bits per heavy atom. The van der Waals surface area contributed by atoms with Gasteiger partial charge in [0.2, 0.25) is 11.8 Å². The quantitative estimate of drug-likeness (QED) is 0.624. The maximum absolute atomic E-state index is 12.2.